The molecule has 0 unspecified atom stereocenters. The Labute approximate surface area is 85.4 Å². The fourth-order valence-corrected chi connectivity index (χ4v) is 1.19. The normalized spacial score (nSPS) is 9.62. The van der Waals surface area contributed by atoms with Crippen LogP contribution in [0.25, 0.3) is 0 Å². The molecule has 0 fully saturated rings. The highest BCUT2D eigenvalue weighted by atomic mass is 35.5. The molecule has 13 heavy (non-hydrogen) atoms. The van der Waals surface area contributed by atoms with Gasteiger partial charge in [-0.3, -0.25) is 4.79 Å². The van der Waals surface area contributed by atoms with E-state index in [1.807, 2.05) is 0 Å². The fraction of sp³-hybridized carbons (Fsp3) is 0.125. The smallest absolute Gasteiger partial charge is 0.230 e. The van der Waals surface area contributed by atoms with Crippen LogP contribution in [0.5, 0.6) is 5.75 Å². The molecule has 1 amide bonds. The Morgan fingerprint density at radius 3 is 2.62 bits per heavy atom. The largest absolute Gasteiger partial charge is 0.425 e. The number of carbonyl (C=O) groups excluding carboxylic acids is 1. The van der Waals surface area contributed by atoms with Crippen LogP contribution in [-0.2, 0) is 4.79 Å². The topological polar surface area (TPSA) is 52.3 Å². The summed E-state index contributed by atoms with van der Waals surface area (Å²) in [5.41, 5.74) is 4.92. The molecule has 0 bridgehead atoms. The predicted octanol–water partition coefficient (Wildman–Crippen LogP) is 1.85. The van der Waals surface area contributed by atoms with Crippen LogP contribution in [0.2, 0.25) is 5.02 Å². The Bertz CT molecular complexity index is 289. The minimum absolute atomic E-state index is 0.141. The molecule has 0 atom stereocenters. The third-order valence-electron chi connectivity index (χ3n) is 1.17. The van der Waals surface area contributed by atoms with Crippen LogP contribution in [0.4, 0.5) is 0 Å². The highest BCUT2D eigenvalue weighted by molar-refractivity contribution is 7.95. The first-order valence-corrected chi connectivity index (χ1v) is 4.80. The fourth-order valence-electron chi connectivity index (χ4n) is 0.646. The average molecular weight is 218 g/mol. The van der Waals surface area contributed by atoms with Gasteiger partial charge in [-0.05, 0) is 24.3 Å². The van der Waals surface area contributed by atoms with Crippen molar-refractivity contribution in [3.8, 4) is 5.75 Å². The number of rotatable bonds is 4. The van der Waals surface area contributed by atoms with E-state index in [0.717, 1.165) is 12.0 Å². The number of carbonyl (C=O) groups is 1. The van der Waals surface area contributed by atoms with Crippen molar-refractivity contribution in [3.63, 3.8) is 0 Å². The summed E-state index contributed by atoms with van der Waals surface area (Å²) in [7, 11) is 0. The molecule has 0 heterocycles. The quantitative estimate of drug-likeness (QED) is 0.784. The van der Waals surface area contributed by atoms with Crippen molar-refractivity contribution < 1.29 is 8.98 Å². The van der Waals surface area contributed by atoms with Crippen LogP contribution in [0.15, 0.2) is 24.3 Å². The molecule has 0 radical (unpaired) electrons. The van der Waals surface area contributed by atoms with E-state index in [4.69, 9.17) is 21.5 Å². The molecule has 0 aliphatic carbocycles. The SMILES string of the molecule is NC(=O)CSOc1ccc(Cl)cc1. The maximum absolute atomic E-state index is 10.3. The van der Waals surface area contributed by atoms with Gasteiger partial charge in [0.15, 0.2) is 0 Å². The van der Waals surface area contributed by atoms with Crippen molar-refractivity contribution in [1.82, 2.24) is 0 Å². The lowest BCUT2D eigenvalue weighted by Crippen LogP contribution is -2.13. The van der Waals surface area contributed by atoms with Gasteiger partial charge in [-0.2, -0.15) is 0 Å². The predicted molar refractivity (Wildman–Crippen MR) is 53.7 cm³/mol. The van der Waals surface area contributed by atoms with Crippen LogP contribution < -0.4 is 9.92 Å². The summed E-state index contributed by atoms with van der Waals surface area (Å²) in [4.78, 5) is 10.3. The van der Waals surface area contributed by atoms with E-state index < -0.39 is 5.91 Å². The molecule has 0 spiro atoms. The van der Waals surface area contributed by atoms with Gasteiger partial charge >= 0.3 is 0 Å². The molecule has 0 aromatic heterocycles. The second-order valence-corrected chi connectivity index (χ2v) is 3.39. The summed E-state index contributed by atoms with van der Waals surface area (Å²) in [6.45, 7) is 0. The second kappa shape index (κ2) is 4.99. The first-order valence-electron chi connectivity index (χ1n) is 3.52. The zero-order valence-electron chi connectivity index (χ0n) is 6.70. The Morgan fingerprint density at radius 2 is 2.08 bits per heavy atom. The Hall–Kier alpha value is -0.870. The lowest BCUT2D eigenvalue weighted by atomic mass is 10.3. The summed E-state index contributed by atoms with van der Waals surface area (Å²) in [5, 5.41) is 0.646. The van der Waals surface area contributed by atoms with Gasteiger partial charge in [0.25, 0.3) is 0 Å². The summed E-state index contributed by atoms with van der Waals surface area (Å²) in [5.74, 6) is 0.387. The number of halogens is 1. The molecule has 1 rings (SSSR count). The van der Waals surface area contributed by atoms with Gasteiger partial charge in [0.1, 0.15) is 11.5 Å². The van der Waals surface area contributed by atoms with Crippen LogP contribution >= 0.6 is 23.6 Å². The molecule has 1 aromatic rings. The van der Waals surface area contributed by atoms with Crippen molar-refractivity contribution in [2.75, 3.05) is 5.75 Å². The van der Waals surface area contributed by atoms with E-state index in [9.17, 15) is 4.79 Å². The maximum Gasteiger partial charge on any atom is 0.230 e. The lowest BCUT2D eigenvalue weighted by molar-refractivity contribution is -0.115. The molecule has 1 aromatic carbocycles. The van der Waals surface area contributed by atoms with E-state index in [1.165, 1.54) is 0 Å². The molecule has 0 aliphatic rings. The van der Waals surface area contributed by atoms with E-state index in [1.54, 1.807) is 24.3 Å². The molecule has 0 saturated heterocycles. The van der Waals surface area contributed by atoms with Crippen molar-refractivity contribution in [1.29, 1.82) is 0 Å². The minimum atomic E-state index is -0.404. The average Bonchev–Trinajstić information content (AvgIpc) is 2.08. The van der Waals surface area contributed by atoms with E-state index in [-0.39, 0.29) is 5.75 Å². The molecule has 5 heteroatoms. The van der Waals surface area contributed by atoms with Gasteiger partial charge in [0.2, 0.25) is 5.91 Å². The Balaban J connectivity index is 2.37. The first-order chi connectivity index (χ1) is 6.18. The number of primary amides is 1. The molecule has 70 valence electrons. The molecular weight excluding hydrogens is 210 g/mol. The van der Waals surface area contributed by atoms with Crippen molar-refractivity contribution in [3.05, 3.63) is 29.3 Å². The second-order valence-electron chi connectivity index (χ2n) is 2.27. The zero-order chi connectivity index (χ0) is 9.68. The number of hydrogen-bond acceptors (Lipinski definition) is 3. The maximum atomic E-state index is 10.3. The number of nitrogens with two attached hydrogens (primary N) is 1. The standard InChI is InChI=1S/C8H8ClNO2S/c9-6-1-3-7(4-2-6)12-13-5-8(10)11/h1-4H,5H2,(H2,10,11). The van der Waals surface area contributed by atoms with Crippen LogP contribution in [0.1, 0.15) is 0 Å². The first kappa shape index (κ1) is 10.2. The third kappa shape index (κ3) is 4.05. The Kier molecular flexibility index (Phi) is 3.92. The molecule has 0 saturated carbocycles. The third-order valence-corrected chi connectivity index (χ3v) is 2.13. The highest BCUT2D eigenvalue weighted by Gasteiger charge is 1.97. The van der Waals surface area contributed by atoms with Crippen molar-refractivity contribution in [2.24, 2.45) is 5.73 Å². The summed E-state index contributed by atoms with van der Waals surface area (Å²) >= 11 is 6.66. The Morgan fingerprint density at radius 1 is 1.46 bits per heavy atom. The van der Waals surface area contributed by atoms with Gasteiger partial charge in [-0.25, -0.2) is 0 Å². The van der Waals surface area contributed by atoms with Gasteiger partial charge in [0, 0.05) is 5.02 Å². The van der Waals surface area contributed by atoms with E-state index in [2.05, 4.69) is 0 Å². The zero-order valence-corrected chi connectivity index (χ0v) is 8.27. The number of benzene rings is 1. The van der Waals surface area contributed by atoms with E-state index in [0.29, 0.717) is 10.8 Å². The van der Waals surface area contributed by atoms with Crippen molar-refractivity contribution in [2.45, 2.75) is 0 Å². The van der Waals surface area contributed by atoms with Gasteiger partial charge in [-0.1, -0.05) is 11.6 Å². The van der Waals surface area contributed by atoms with Crippen LogP contribution in [-0.4, -0.2) is 11.7 Å². The minimum Gasteiger partial charge on any atom is -0.425 e. The van der Waals surface area contributed by atoms with Gasteiger partial charge in [0.05, 0.1) is 12.0 Å². The molecule has 2 N–H and O–H groups in total. The van der Waals surface area contributed by atoms with E-state index >= 15 is 0 Å². The van der Waals surface area contributed by atoms with Crippen LogP contribution in [0.3, 0.4) is 0 Å². The summed E-state index contributed by atoms with van der Waals surface area (Å²) < 4.78 is 5.13. The molecule has 0 aliphatic heterocycles. The molecular formula is C8H8ClNO2S. The summed E-state index contributed by atoms with van der Waals surface area (Å²) in [6, 6.07) is 6.86. The van der Waals surface area contributed by atoms with Gasteiger partial charge < -0.3 is 9.92 Å². The molecule has 3 nitrogen and oxygen atoms in total. The summed E-state index contributed by atoms with van der Waals surface area (Å²) in [6.07, 6.45) is 0. The highest BCUT2D eigenvalue weighted by Crippen LogP contribution is 2.18. The monoisotopic (exact) mass is 217 g/mol. The van der Waals surface area contributed by atoms with Gasteiger partial charge in [-0.15, -0.1) is 0 Å². The number of hydrogen-bond donors (Lipinski definition) is 1. The van der Waals surface area contributed by atoms with Crippen LogP contribution in [0, 0.1) is 0 Å². The number of amides is 1. The van der Waals surface area contributed by atoms with Crippen molar-refractivity contribution >= 4 is 29.6 Å². The lowest BCUT2D eigenvalue weighted by Gasteiger charge is -2.01.